The molecule has 0 aromatic carbocycles. The van der Waals surface area contributed by atoms with Crippen LogP contribution < -0.4 is 10.1 Å². The van der Waals surface area contributed by atoms with E-state index >= 15 is 0 Å². The number of nitrogens with one attached hydrogen (secondary N) is 1. The first kappa shape index (κ1) is 14.2. The van der Waals surface area contributed by atoms with Crippen molar-refractivity contribution in [1.29, 1.82) is 0 Å². The molecule has 0 aliphatic carbocycles. The molecule has 0 saturated carbocycles. The number of rotatable bonds is 4. The minimum absolute atomic E-state index is 0.152. The Labute approximate surface area is 112 Å². The van der Waals surface area contributed by atoms with Crippen LogP contribution in [0.15, 0.2) is 12.1 Å². The van der Waals surface area contributed by atoms with Gasteiger partial charge in [-0.1, -0.05) is 0 Å². The van der Waals surface area contributed by atoms with Crippen LogP contribution in [0.3, 0.4) is 0 Å². The van der Waals surface area contributed by atoms with Crippen LogP contribution in [0.2, 0.25) is 0 Å². The lowest BCUT2D eigenvalue weighted by atomic mass is 10.2. The van der Waals surface area contributed by atoms with Gasteiger partial charge in [-0.2, -0.15) is 0 Å². The van der Waals surface area contributed by atoms with Crippen molar-refractivity contribution in [2.24, 2.45) is 0 Å². The van der Waals surface area contributed by atoms with E-state index in [0.29, 0.717) is 18.0 Å². The van der Waals surface area contributed by atoms with Gasteiger partial charge >= 0.3 is 0 Å². The molecule has 106 valence electrons. The summed E-state index contributed by atoms with van der Waals surface area (Å²) in [5.74, 6) is 0.125. The van der Waals surface area contributed by atoms with E-state index in [4.69, 9.17) is 4.74 Å². The van der Waals surface area contributed by atoms with E-state index in [1.54, 1.807) is 19.2 Å². The zero-order chi connectivity index (χ0) is 14.0. The maximum absolute atomic E-state index is 11.4. The fraction of sp³-hybridized carbons (Fsp3) is 0.583. The van der Waals surface area contributed by atoms with Gasteiger partial charge < -0.3 is 15.2 Å². The lowest BCUT2D eigenvalue weighted by Crippen LogP contribution is -2.30. The van der Waals surface area contributed by atoms with Crippen LogP contribution in [0.4, 0.5) is 0 Å². The Bertz CT molecular complexity index is 559. The van der Waals surface area contributed by atoms with Crippen LogP contribution in [0.1, 0.15) is 11.4 Å². The molecule has 1 aliphatic heterocycles. The summed E-state index contributed by atoms with van der Waals surface area (Å²) in [6.45, 7) is 2.39. The average molecular weight is 286 g/mol. The Morgan fingerprint density at radius 2 is 2.21 bits per heavy atom. The molecule has 2 unspecified atom stereocenters. The molecule has 0 spiro atoms. The Morgan fingerprint density at radius 1 is 1.47 bits per heavy atom. The SMILES string of the molecule is CNCc1nc(C)ccc1OC1CS(=O)(=O)CC1O. The number of pyridine rings is 1. The van der Waals surface area contributed by atoms with Gasteiger partial charge in [-0.05, 0) is 26.1 Å². The monoisotopic (exact) mass is 286 g/mol. The summed E-state index contributed by atoms with van der Waals surface area (Å²) in [7, 11) is -1.41. The number of hydrogen-bond donors (Lipinski definition) is 2. The Morgan fingerprint density at radius 3 is 2.79 bits per heavy atom. The van der Waals surface area contributed by atoms with Crippen molar-refractivity contribution in [1.82, 2.24) is 10.3 Å². The molecule has 0 amide bonds. The third-order valence-electron chi connectivity index (χ3n) is 2.97. The van der Waals surface area contributed by atoms with Gasteiger partial charge in [0.05, 0.1) is 17.2 Å². The van der Waals surface area contributed by atoms with E-state index in [2.05, 4.69) is 10.3 Å². The number of ether oxygens (including phenoxy) is 1. The van der Waals surface area contributed by atoms with Crippen molar-refractivity contribution < 1.29 is 18.3 Å². The second-order valence-electron chi connectivity index (χ2n) is 4.73. The fourth-order valence-electron chi connectivity index (χ4n) is 2.07. The molecule has 2 heterocycles. The second-order valence-corrected chi connectivity index (χ2v) is 6.88. The maximum atomic E-state index is 11.4. The molecule has 1 aromatic heterocycles. The molecule has 19 heavy (non-hydrogen) atoms. The zero-order valence-corrected chi connectivity index (χ0v) is 11.8. The molecule has 1 saturated heterocycles. The summed E-state index contributed by atoms with van der Waals surface area (Å²) >= 11 is 0. The highest BCUT2D eigenvalue weighted by Crippen LogP contribution is 2.23. The third kappa shape index (κ3) is 3.43. The summed E-state index contributed by atoms with van der Waals surface area (Å²) in [6, 6.07) is 3.55. The van der Waals surface area contributed by atoms with Crippen LogP contribution in [0, 0.1) is 6.92 Å². The van der Waals surface area contributed by atoms with Gasteiger partial charge in [0.1, 0.15) is 18.0 Å². The standard InChI is InChI=1S/C12H18N2O4S/c1-8-3-4-11(9(14-8)5-13-2)18-12-7-19(16,17)6-10(12)15/h3-4,10,12-13,15H,5-7H2,1-2H3. The Balaban J connectivity index is 2.19. The second kappa shape index (κ2) is 5.44. The number of aliphatic hydroxyl groups excluding tert-OH is 1. The highest BCUT2D eigenvalue weighted by molar-refractivity contribution is 7.91. The molecule has 0 radical (unpaired) electrons. The molecule has 6 nitrogen and oxygen atoms in total. The first-order chi connectivity index (χ1) is 8.91. The number of sulfone groups is 1. The molecular weight excluding hydrogens is 268 g/mol. The van der Waals surface area contributed by atoms with Crippen molar-refractivity contribution in [2.45, 2.75) is 25.7 Å². The van der Waals surface area contributed by atoms with Crippen molar-refractivity contribution in [3.05, 3.63) is 23.5 Å². The molecule has 2 rings (SSSR count). The molecule has 1 aromatic rings. The summed E-state index contributed by atoms with van der Waals surface area (Å²) in [5, 5.41) is 12.7. The number of aliphatic hydroxyl groups is 1. The smallest absolute Gasteiger partial charge is 0.156 e. The van der Waals surface area contributed by atoms with Gasteiger partial charge in [-0.25, -0.2) is 8.42 Å². The van der Waals surface area contributed by atoms with E-state index in [0.717, 1.165) is 5.69 Å². The Hall–Kier alpha value is -1.18. The van der Waals surface area contributed by atoms with Crippen molar-refractivity contribution in [2.75, 3.05) is 18.6 Å². The van der Waals surface area contributed by atoms with E-state index < -0.39 is 22.0 Å². The molecular formula is C12H18N2O4S. The maximum Gasteiger partial charge on any atom is 0.156 e. The van der Waals surface area contributed by atoms with Crippen molar-refractivity contribution in [3.8, 4) is 5.75 Å². The third-order valence-corrected chi connectivity index (χ3v) is 4.65. The predicted octanol–water partition coefficient (Wildman–Crippen LogP) is -0.354. The van der Waals surface area contributed by atoms with Crippen molar-refractivity contribution >= 4 is 9.84 Å². The quantitative estimate of drug-likeness (QED) is 0.786. The van der Waals surface area contributed by atoms with E-state index in [9.17, 15) is 13.5 Å². The van der Waals surface area contributed by atoms with Gasteiger partial charge in [0.15, 0.2) is 9.84 Å². The lowest BCUT2D eigenvalue weighted by Gasteiger charge is -2.18. The molecule has 7 heteroatoms. The minimum Gasteiger partial charge on any atom is -0.485 e. The van der Waals surface area contributed by atoms with Gasteiger partial charge in [-0.3, -0.25) is 4.98 Å². The van der Waals surface area contributed by atoms with Crippen LogP contribution in [0.5, 0.6) is 5.75 Å². The molecule has 2 N–H and O–H groups in total. The fourth-order valence-corrected chi connectivity index (χ4v) is 3.73. The number of aryl methyl sites for hydroxylation is 1. The van der Waals surface area contributed by atoms with Crippen LogP contribution in [0.25, 0.3) is 0 Å². The van der Waals surface area contributed by atoms with E-state index in [1.165, 1.54) is 0 Å². The largest absolute Gasteiger partial charge is 0.485 e. The summed E-state index contributed by atoms with van der Waals surface area (Å²) in [6.07, 6.45) is -1.70. The summed E-state index contributed by atoms with van der Waals surface area (Å²) in [5.41, 5.74) is 1.57. The Kier molecular flexibility index (Phi) is 4.07. The van der Waals surface area contributed by atoms with Crippen LogP contribution in [-0.2, 0) is 16.4 Å². The number of nitrogens with zero attached hydrogens (tertiary/aromatic N) is 1. The van der Waals surface area contributed by atoms with E-state index in [1.807, 2.05) is 6.92 Å². The first-order valence-electron chi connectivity index (χ1n) is 6.07. The van der Waals surface area contributed by atoms with Crippen LogP contribution >= 0.6 is 0 Å². The normalized spacial score (nSPS) is 25.4. The van der Waals surface area contributed by atoms with Gasteiger partial charge in [0, 0.05) is 12.2 Å². The lowest BCUT2D eigenvalue weighted by molar-refractivity contribution is 0.0727. The highest BCUT2D eigenvalue weighted by Gasteiger charge is 2.38. The zero-order valence-electron chi connectivity index (χ0n) is 11.0. The number of hydrogen-bond acceptors (Lipinski definition) is 6. The highest BCUT2D eigenvalue weighted by atomic mass is 32.2. The molecule has 0 bridgehead atoms. The predicted molar refractivity (Wildman–Crippen MR) is 70.8 cm³/mol. The summed E-state index contributed by atoms with van der Waals surface area (Å²) < 4.78 is 28.5. The molecule has 1 fully saturated rings. The van der Waals surface area contributed by atoms with E-state index in [-0.39, 0.29) is 11.5 Å². The average Bonchev–Trinajstić information content (AvgIpc) is 2.56. The first-order valence-corrected chi connectivity index (χ1v) is 7.89. The van der Waals surface area contributed by atoms with Crippen molar-refractivity contribution in [3.63, 3.8) is 0 Å². The molecule has 1 aliphatic rings. The topological polar surface area (TPSA) is 88.5 Å². The van der Waals surface area contributed by atoms with Gasteiger partial charge in [0.25, 0.3) is 0 Å². The molecule has 2 atom stereocenters. The minimum atomic E-state index is -3.21. The number of aromatic nitrogens is 1. The van der Waals surface area contributed by atoms with Gasteiger partial charge in [-0.15, -0.1) is 0 Å². The van der Waals surface area contributed by atoms with Gasteiger partial charge in [0.2, 0.25) is 0 Å². The van der Waals surface area contributed by atoms with Crippen LogP contribution in [-0.4, -0.2) is 49.3 Å². The summed E-state index contributed by atoms with van der Waals surface area (Å²) in [4.78, 5) is 4.35.